The number of thioether (sulfide) groups is 1. The van der Waals surface area contributed by atoms with Crippen molar-refractivity contribution in [3.8, 4) is 23.3 Å². The lowest BCUT2D eigenvalue weighted by molar-refractivity contribution is 0.0562. The second kappa shape index (κ2) is 9.14. The van der Waals surface area contributed by atoms with E-state index in [0.717, 1.165) is 15.6 Å². The summed E-state index contributed by atoms with van der Waals surface area (Å²) in [5, 5.41) is 9.71. The SMILES string of the molecule is O=C(OCC#CCSc1nnc(-c2ccccc2)o1)c1sc2ccccc2c1Cl. The maximum atomic E-state index is 12.2. The molecule has 0 aliphatic carbocycles. The van der Waals surface area contributed by atoms with E-state index in [0.29, 0.717) is 26.8 Å². The minimum atomic E-state index is -0.470. The molecule has 0 fully saturated rings. The topological polar surface area (TPSA) is 65.2 Å². The highest BCUT2D eigenvalue weighted by Gasteiger charge is 2.17. The number of carbonyl (C=O) groups excluding carboxylic acids is 1. The molecule has 0 saturated heterocycles. The first kappa shape index (κ1) is 19.5. The fourth-order valence-corrected chi connectivity index (χ4v) is 4.41. The standard InChI is InChI=1S/C21H13ClN2O3S2/c22-17-15-10-4-5-11-16(15)29-18(17)20(25)26-12-6-7-13-28-21-24-23-19(27-21)14-8-2-1-3-9-14/h1-5,8-11H,12-13H2. The Kier molecular flexibility index (Phi) is 6.15. The summed E-state index contributed by atoms with van der Waals surface area (Å²) in [6.07, 6.45) is 0. The second-order valence-electron chi connectivity index (χ2n) is 5.70. The largest absolute Gasteiger partial charge is 0.448 e. The minimum Gasteiger partial charge on any atom is -0.448 e. The molecule has 0 spiro atoms. The zero-order valence-electron chi connectivity index (χ0n) is 14.9. The van der Waals surface area contributed by atoms with Crippen molar-refractivity contribution in [2.75, 3.05) is 12.4 Å². The lowest BCUT2D eigenvalue weighted by atomic mass is 10.2. The molecule has 0 radical (unpaired) electrons. The van der Waals surface area contributed by atoms with Gasteiger partial charge in [-0.05, 0) is 18.2 Å². The van der Waals surface area contributed by atoms with Crippen LogP contribution in [0.2, 0.25) is 5.02 Å². The molecule has 0 amide bonds. The Hall–Kier alpha value is -2.79. The quantitative estimate of drug-likeness (QED) is 0.230. The number of benzene rings is 2. The van der Waals surface area contributed by atoms with Crippen molar-refractivity contribution in [2.24, 2.45) is 0 Å². The third-order valence-corrected chi connectivity index (χ3v) is 6.17. The highest BCUT2D eigenvalue weighted by molar-refractivity contribution is 7.99. The molecule has 0 bridgehead atoms. The summed E-state index contributed by atoms with van der Waals surface area (Å²) in [4.78, 5) is 12.6. The molecule has 4 rings (SSSR count). The van der Waals surface area contributed by atoms with E-state index in [4.69, 9.17) is 20.8 Å². The summed E-state index contributed by atoms with van der Waals surface area (Å²) in [6.45, 7) is -0.0108. The van der Waals surface area contributed by atoms with Crippen molar-refractivity contribution < 1.29 is 13.9 Å². The molecule has 2 heterocycles. The molecule has 2 aromatic carbocycles. The smallest absolute Gasteiger partial charge is 0.350 e. The van der Waals surface area contributed by atoms with E-state index in [-0.39, 0.29) is 6.61 Å². The number of rotatable bonds is 5. The molecule has 0 unspecified atom stereocenters. The van der Waals surface area contributed by atoms with Gasteiger partial charge >= 0.3 is 5.97 Å². The average Bonchev–Trinajstić information content (AvgIpc) is 3.36. The van der Waals surface area contributed by atoms with Crippen LogP contribution in [0.3, 0.4) is 0 Å². The second-order valence-corrected chi connectivity index (χ2v) is 8.06. The van der Waals surface area contributed by atoms with Crippen molar-refractivity contribution in [2.45, 2.75) is 5.22 Å². The van der Waals surface area contributed by atoms with Crippen LogP contribution >= 0.6 is 34.7 Å². The number of aromatic nitrogens is 2. The van der Waals surface area contributed by atoms with Crippen LogP contribution in [0.1, 0.15) is 9.67 Å². The molecular weight excluding hydrogens is 428 g/mol. The molecule has 0 N–H and O–H groups in total. The van der Waals surface area contributed by atoms with Crippen LogP contribution in [0, 0.1) is 11.8 Å². The first-order valence-electron chi connectivity index (χ1n) is 8.54. The first-order valence-corrected chi connectivity index (χ1v) is 10.7. The maximum absolute atomic E-state index is 12.2. The summed E-state index contributed by atoms with van der Waals surface area (Å²) < 4.78 is 11.7. The van der Waals surface area contributed by atoms with Gasteiger partial charge in [-0.15, -0.1) is 21.5 Å². The van der Waals surface area contributed by atoms with E-state index < -0.39 is 5.97 Å². The van der Waals surface area contributed by atoms with Crippen molar-refractivity contribution in [1.82, 2.24) is 10.2 Å². The van der Waals surface area contributed by atoms with Gasteiger partial charge in [-0.1, -0.05) is 71.6 Å². The Bertz CT molecular complexity index is 1210. The molecule has 0 aliphatic rings. The molecule has 4 aromatic rings. The van der Waals surface area contributed by atoms with Crippen molar-refractivity contribution >= 4 is 50.8 Å². The molecule has 5 nitrogen and oxygen atoms in total. The molecule has 29 heavy (non-hydrogen) atoms. The van der Waals surface area contributed by atoms with Crippen LogP contribution < -0.4 is 0 Å². The zero-order chi connectivity index (χ0) is 20.1. The molecule has 0 saturated carbocycles. The number of thiophene rings is 1. The van der Waals surface area contributed by atoms with E-state index in [1.54, 1.807) is 0 Å². The number of halogens is 1. The van der Waals surface area contributed by atoms with Crippen LogP contribution in [-0.4, -0.2) is 28.5 Å². The number of carbonyl (C=O) groups is 1. The van der Waals surface area contributed by atoms with Gasteiger partial charge in [0.1, 0.15) is 4.88 Å². The summed E-state index contributed by atoms with van der Waals surface area (Å²) >= 11 is 8.91. The lowest BCUT2D eigenvalue weighted by Gasteiger charge is -1.98. The Morgan fingerprint density at radius 1 is 1.10 bits per heavy atom. The first-order chi connectivity index (χ1) is 14.2. The monoisotopic (exact) mass is 440 g/mol. The highest BCUT2D eigenvalue weighted by atomic mass is 35.5. The third-order valence-electron chi connectivity index (χ3n) is 3.82. The molecule has 0 atom stereocenters. The van der Waals surface area contributed by atoms with Crippen molar-refractivity contribution in [1.29, 1.82) is 0 Å². The van der Waals surface area contributed by atoms with E-state index in [2.05, 4.69) is 22.0 Å². The Morgan fingerprint density at radius 3 is 2.72 bits per heavy atom. The minimum absolute atomic E-state index is 0.0108. The third kappa shape index (κ3) is 4.62. The Labute approximate surface area is 180 Å². The summed E-state index contributed by atoms with van der Waals surface area (Å²) in [5.41, 5.74) is 0.866. The summed E-state index contributed by atoms with van der Waals surface area (Å²) in [7, 11) is 0. The van der Waals surface area contributed by atoms with Crippen molar-refractivity contribution in [3.05, 3.63) is 64.5 Å². The van der Waals surface area contributed by atoms with Crippen molar-refractivity contribution in [3.63, 3.8) is 0 Å². The predicted octanol–water partition coefficient (Wildman–Crippen LogP) is 5.56. The summed E-state index contributed by atoms with van der Waals surface area (Å²) in [6, 6.07) is 17.1. The zero-order valence-corrected chi connectivity index (χ0v) is 17.3. The lowest BCUT2D eigenvalue weighted by Crippen LogP contribution is -2.03. The van der Waals surface area contributed by atoms with Gasteiger partial charge in [0, 0.05) is 15.6 Å². The van der Waals surface area contributed by atoms with Gasteiger partial charge in [0.2, 0.25) is 5.89 Å². The van der Waals surface area contributed by atoms with E-state index in [1.807, 2.05) is 54.6 Å². The molecular formula is C21H13ClN2O3S2. The number of ether oxygens (including phenoxy) is 1. The van der Waals surface area contributed by atoms with E-state index in [1.165, 1.54) is 23.1 Å². The molecule has 144 valence electrons. The maximum Gasteiger partial charge on any atom is 0.350 e. The molecule has 2 aromatic heterocycles. The fraction of sp³-hybridized carbons (Fsp3) is 0.0952. The number of esters is 1. The number of nitrogens with zero attached hydrogens (tertiary/aromatic N) is 2. The normalized spacial score (nSPS) is 10.5. The van der Waals surface area contributed by atoms with Gasteiger partial charge in [0.15, 0.2) is 6.61 Å². The highest BCUT2D eigenvalue weighted by Crippen LogP contribution is 2.35. The predicted molar refractivity (Wildman–Crippen MR) is 115 cm³/mol. The van der Waals surface area contributed by atoms with Gasteiger partial charge in [0.25, 0.3) is 5.22 Å². The van der Waals surface area contributed by atoms with Gasteiger partial charge < -0.3 is 9.15 Å². The van der Waals surface area contributed by atoms with Crippen LogP contribution in [0.15, 0.2) is 64.2 Å². The Balaban J connectivity index is 1.27. The van der Waals surface area contributed by atoms with E-state index in [9.17, 15) is 4.79 Å². The molecule has 0 aliphatic heterocycles. The number of fused-ring (bicyclic) bond motifs is 1. The molecule has 8 heteroatoms. The Morgan fingerprint density at radius 2 is 1.90 bits per heavy atom. The van der Waals surface area contributed by atoms with Crippen LogP contribution in [0.25, 0.3) is 21.5 Å². The van der Waals surface area contributed by atoms with Crippen LogP contribution in [0.4, 0.5) is 0 Å². The van der Waals surface area contributed by atoms with Crippen LogP contribution in [0.5, 0.6) is 0 Å². The van der Waals surface area contributed by atoms with Crippen LogP contribution in [-0.2, 0) is 4.74 Å². The van der Waals surface area contributed by atoms with Gasteiger partial charge in [-0.2, -0.15) is 0 Å². The van der Waals surface area contributed by atoms with Gasteiger partial charge in [-0.3, -0.25) is 0 Å². The van der Waals surface area contributed by atoms with E-state index >= 15 is 0 Å². The fourth-order valence-electron chi connectivity index (χ4n) is 2.48. The number of hydrogen-bond donors (Lipinski definition) is 0. The average molecular weight is 441 g/mol. The summed E-state index contributed by atoms with van der Waals surface area (Å²) in [5.74, 6) is 6.16. The number of hydrogen-bond acceptors (Lipinski definition) is 7. The van der Waals surface area contributed by atoms with Gasteiger partial charge in [-0.25, -0.2) is 4.79 Å². The van der Waals surface area contributed by atoms with Gasteiger partial charge in [0.05, 0.1) is 10.8 Å².